The monoisotopic (exact) mass is 261 g/mol. The number of hydrogen-bond acceptors (Lipinski definition) is 5. The van der Waals surface area contributed by atoms with Gasteiger partial charge in [-0.25, -0.2) is 0 Å². The van der Waals surface area contributed by atoms with Gasteiger partial charge in [-0.05, 0) is 24.6 Å². The standard InChI is InChI=1S/C13H15N3O3/c1-9-15-13(19-16-9)7-12(17)14-8-10-3-5-11(18-2)6-4-10/h3-6H,7-8H2,1-2H3,(H,14,17). The molecule has 19 heavy (non-hydrogen) atoms. The second-order valence-electron chi connectivity index (χ2n) is 4.04. The number of ether oxygens (including phenoxy) is 1. The van der Waals surface area contributed by atoms with Crippen molar-refractivity contribution < 1.29 is 14.1 Å². The summed E-state index contributed by atoms with van der Waals surface area (Å²) in [5, 5.41) is 6.41. The van der Waals surface area contributed by atoms with E-state index in [2.05, 4.69) is 15.5 Å². The third kappa shape index (κ3) is 3.80. The molecule has 0 saturated carbocycles. The summed E-state index contributed by atoms with van der Waals surface area (Å²) in [7, 11) is 1.61. The summed E-state index contributed by atoms with van der Waals surface area (Å²) < 4.78 is 9.94. The van der Waals surface area contributed by atoms with Gasteiger partial charge in [0.2, 0.25) is 11.8 Å². The highest BCUT2D eigenvalue weighted by atomic mass is 16.5. The first kappa shape index (κ1) is 13.1. The van der Waals surface area contributed by atoms with Crippen LogP contribution < -0.4 is 10.1 Å². The number of aromatic nitrogens is 2. The second-order valence-corrected chi connectivity index (χ2v) is 4.04. The molecule has 0 saturated heterocycles. The van der Waals surface area contributed by atoms with Crippen LogP contribution in [0.15, 0.2) is 28.8 Å². The molecule has 0 fully saturated rings. The minimum atomic E-state index is -0.153. The van der Waals surface area contributed by atoms with Crippen molar-refractivity contribution in [3.8, 4) is 5.75 Å². The number of amides is 1. The fraction of sp³-hybridized carbons (Fsp3) is 0.308. The minimum Gasteiger partial charge on any atom is -0.497 e. The van der Waals surface area contributed by atoms with Gasteiger partial charge >= 0.3 is 0 Å². The zero-order valence-electron chi connectivity index (χ0n) is 10.8. The highest BCUT2D eigenvalue weighted by molar-refractivity contribution is 5.77. The van der Waals surface area contributed by atoms with E-state index in [-0.39, 0.29) is 12.3 Å². The normalized spacial score (nSPS) is 10.2. The fourth-order valence-electron chi connectivity index (χ4n) is 1.56. The van der Waals surface area contributed by atoms with Crippen LogP contribution in [0.2, 0.25) is 0 Å². The molecule has 6 nitrogen and oxygen atoms in total. The van der Waals surface area contributed by atoms with E-state index in [9.17, 15) is 4.79 Å². The van der Waals surface area contributed by atoms with Gasteiger partial charge in [-0.1, -0.05) is 17.3 Å². The Hall–Kier alpha value is -2.37. The van der Waals surface area contributed by atoms with Crippen LogP contribution in [0.1, 0.15) is 17.3 Å². The quantitative estimate of drug-likeness (QED) is 0.876. The third-order valence-electron chi connectivity index (χ3n) is 2.53. The van der Waals surface area contributed by atoms with Crippen molar-refractivity contribution in [3.63, 3.8) is 0 Å². The van der Waals surface area contributed by atoms with Gasteiger partial charge in [-0.3, -0.25) is 4.79 Å². The van der Waals surface area contributed by atoms with E-state index in [1.54, 1.807) is 14.0 Å². The molecule has 0 aliphatic rings. The molecule has 0 unspecified atom stereocenters. The van der Waals surface area contributed by atoms with E-state index in [0.29, 0.717) is 18.3 Å². The van der Waals surface area contributed by atoms with Gasteiger partial charge < -0.3 is 14.6 Å². The molecule has 0 bridgehead atoms. The first-order valence-corrected chi connectivity index (χ1v) is 5.86. The smallest absolute Gasteiger partial charge is 0.236 e. The number of methoxy groups -OCH3 is 1. The average Bonchev–Trinajstić information content (AvgIpc) is 2.82. The first-order valence-electron chi connectivity index (χ1n) is 5.86. The van der Waals surface area contributed by atoms with Crippen LogP contribution in [0.3, 0.4) is 0 Å². The topological polar surface area (TPSA) is 77.2 Å². The van der Waals surface area contributed by atoms with Gasteiger partial charge in [0.05, 0.1) is 7.11 Å². The van der Waals surface area contributed by atoms with Gasteiger partial charge in [0.25, 0.3) is 0 Å². The molecular weight excluding hydrogens is 246 g/mol. The van der Waals surface area contributed by atoms with E-state index in [1.165, 1.54) is 0 Å². The molecule has 2 rings (SSSR count). The third-order valence-corrected chi connectivity index (χ3v) is 2.53. The molecular formula is C13H15N3O3. The summed E-state index contributed by atoms with van der Waals surface area (Å²) in [6.07, 6.45) is 0.0942. The van der Waals surface area contributed by atoms with E-state index in [1.807, 2.05) is 24.3 Å². The van der Waals surface area contributed by atoms with Crippen LogP contribution >= 0.6 is 0 Å². The van der Waals surface area contributed by atoms with E-state index < -0.39 is 0 Å². The Kier molecular flexibility index (Phi) is 4.12. The lowest BCUT2D eigenvalue weighted by molar-refractivity contribution is -0.120. The predicted octanol–water partition coefficient (Wildman–Crippen LogP) is 1.25. The molecule has 2 aromatic rings. The van der Waals surface area contributed by atoms with Gasteiger partial charge in [0, 0.05) is 6.54 Å². The number of benzene rings is 1. The summed E-state index contributed by atoms with van der Waals surface area (Å²) in [4.78, 5) is 15.6. The van der Waals surface area contributed by atoms with Gasteiger partial charge in [-0.2, -0.15) is 4.98 Å². The lowest BCUT2D eigenvalue weighted by Crippen LogP contribution is -2.24. The van der Waals surface area contributed by atoms with Crippen LogP contribution in [0.5, 0.6) is 5.75 Å². The molecule has 0 radical (unpaired) electrons. The van der Waals surface area contributed by atoms with Crippen LogP contribution in [0.4, 0.5) is 0 Å². The lowest BCUT2D eigenvalue weighted by atomic mass is 10.2. The number of aryl methyl sites for hydroxylation is 1. The Morgan fingerprint density at radius 1 is 1.37 bits per heavy atom. The summed E-state index contributed by atoms with van der Waals surface area (Å²) in [5.41, 5.74) is 0.996. The molecule has 1 amide bonds. The first-order chi connectivity index (χ1) is 9.17. The maximum absolute atomic E-state index is 11.7. The molecule has 100 valence electrons. The number of carbonyl (C=O) groups is 1. The zero-order valence-corrected chi connectivity index (χ0v) is 10.8. The van der Waals surface area contributed by atoms with Crippen LogP contribution in [0, 0.1) is 6.92 Å². The van der Waals surface area contributed by atoms with Crippen LogP contribution in [-0.2, 0) is 17.8 Å². The maximum Gasteiger partial charge on any atom is 0.236 e. The van der Waals surface area contributed by atoms with Crippen LogP contribution in [0.25, 0.3) is 0 Å². The lowest BCUT2D eigenvalue weighted by Gasteiger charge is -2.05. The molecule has 0 atom stereocenters. The molecule has 1 heterocycles. The molecule has 0 aliphatic carbocycles. The highest BCUT2D eigenvalue weighted by Gasteiger charge is 2.09. The fourth-order valence-corrected chi connectivity index (χ4v) is 1.56. The Bertz CT molecular complexity index is 549. The highest BCUT2D eigenvalue weighted by Crippen LogP contribution is 2.10. The average molecular weight is 261 g/mol. The Morgan fingerprint density at radius 3 is 2.68 bits per heavy atom. The van der Waals surface area contributed by atoms with Crippen molar-refractivity contribution in [2.75, 3.05) is 7.11 Å². The van der Waals surface area contributed by atoms with Crippen molar-refractivity contribution in [1.29, 1.82) is 0 Å². The van der Waals surface area contributed by atoms with E-state index in [4.69, 9.17) is 9.26 Å². The summed E-state index contributed by atoms with van der Waals surface area (Å²) in [6.45, 7) is 2.16. The minimum absolute atomic E-state index is 0.0942. The molecule has 6 heteroatoms. The van der Waals surface area contributed by atoms with Gasteiger partial charge in [-0.15, -0.1) is 0 Å². The summed E-state index contributed by atoms with van der Waals surface area (Å²) in [5.74, 6) is 1.48. The van der Waals surface area contributed by atoms with Crippen molar-refractivity contribution in [2.24, 2.45) is 0 Å². The van der Waals surface area contributed by atoms with Crippen molar-refractivity contribution >= 4 is 5.91 Å². The molecule has 1 N–H and O–H groups in total. The number of rotatable bonds is 5. The van der Waals surface area contributed by atoms with Gasteiger partial charge in [0.15, 0.2) is 5.82 Å². The molecule has 0 spiro atoms. The Balaban J connectivity index is 1.82. The Morgan fingerprint density at radius 2 is 2.11 bits per heavy atom. The Labute approximate surface area is 110 Å². The van der Waals surface area contributed by atoms with Crippen molar-refractivity contribution in [2.45, 2.75) is 19.9 Å². The molecule has 1 aromatic heterocycles. The summed E-state index contributed by atoms with van der Waals surface area (Å²) in [6, 6.07) is 7.50. The van der Waals surface area contributed by atoms with Crippen molar-refractivity contribution in [3.05, 3.63) is 41.5 Å². The molecule has 0 aliphatic heterocycles. The maximum atomic E-state index is 11.7. The number of hydrogen-bond donors (Lipinski definition) is 1. The van der Waals surface area contributed by atoms with Gasteiger partial charge in [0.1, 0.15) is 12.2 Å². The number of nitrogens with zero attached hydrogens (tertiary/aromatic N) is 2. The number of nitrogens with one attached hydrogen (secondary N) is 1. The van der Waals surface area contributed by atoms with Crippen LogP contribution in [-0.4, -0.2) is 23.2 Å². The second kappa shape index (κ2) is 5.99. The SMILES string of the molecule is COc1ccc(CNC(=O)Cc2nc(C)no2)cc1. The van der Waals surface area contributed by atoms with E-state index >= 15 is 0 Å². The predicted molar refractivity (Wildman–Crippen MR) is 67.6 cm³/mol. The number of carbonyl (C=O) groups excluding carboxylic acids is 1. The van der Waals surface area contributed by atoms with E-state index in [0.717, 1.165) is 11.3 Å². The molecule has 1 aromatic carbocycles. The zero-order chi connectivity index (χ0) is 13.7. The summed E-state index contributed by atoms with van der Waals surface area (Å²) >= 11 is 0. The largest absolute Gasteiger partial charge is 0.497 e. The van der Waals surface area contributed by atoms with Crippen molar-refractivity contribution in [1.82, 2.24) is 15.5 Å².